The van der Waals surface area contributed by atoms with Gasteiger partial charge in [0.25, 0.3) is 0 Å². The number of hydrogen-bond acceptors (Lipinski definition) is 4. The molecule has 2 heterocycles. The van der Waals surface area contributed by atoms with Gasteiger partial charge >= 0.3 is 0 Å². The molecular weight excluding hydrogens is 324 g/mol. The van der Waals surface area contributed by atoms with Gasteiger partial charge in [0.2, 0.25) is 5.91 Å². The van der Waals surface area contributed by atoms with Crippen LogP contribution in [-0.2, 0) is 4.79 Å². The predicted molar refractivity (Wildman–Crippen MR) is 107 cm³/mol. The van der Waals surface area contributed by atoms with E-state index < -0.39 is 0 Å². The molecule has 134 valence electrons. The first-order valence-electron chi connectivity index (χ1n) is 9.10. The molecule has 2 aromatic carbocycles. The lowest BCUT2D eigenvalue weighted by Crippen LogP contribution is -2.44. The number of fused-ring (bicyclic) bond motifs is 1. The Kier molecular flexibility index (Phi) is 4.47. The highest BCUT2D eigenvalue weighted by Gasteiger charge is 2.30. The Morgan fingerprint density at radius 1 is 1.08 bits per heavy atom. The van der Waals surface area contributed by atoms with Crippen LogP contribution in [0.3, 0.4) is 0 Å². The van der Waals surface area contributed by atoms with E-state index in [2.05, 4.69) is 39.3 Å². The number of aliphatic imine (C=N–C) groups is 1. The van der Waals surface area contributed by atoms with E-state index >= 15 is 0 Å². The fraction of sp³-hybridized carbons (Fsp3) is 0.333. The van der Waals surface area contributed by atoms with Gasteiger partial charge in [-0.05, 0) is 55.4 Å². The summed E-state index contributed by atoms with van der Waals surface area (Å²) in [7, 11) is 2.16. The summed E-state index contributed by atoms with van der Waals surface area (Å²) in [6, 6.07) is 14.2. The number of piperazine rings is 1. The van der Waals surface area contributed by atoms with Crippen molar-refractivity contribution in [2.75, 3.05) is 43.4 Å². The maximum Gasteiger partial charge on any atom is 0.237 e. The Labute approximate surface area is 154 Å². The molecule has 0 aromatic heterocycles. The summed E-state index contributed by atoms with van der Waals surface area (Å²) in [6.45, 7) is 6.32. The largest absolute Gasteiger partial charge is 0.369 e. The van der Waals surface area contributed by atoms with Gasteiger partial charge in [0.15, 0.2) is 0 Å². The summed E-state index contributed by atoms with van der Waals surface area (Å²) in [4.78, 5) is 21.6. The first-order valence-corrected chi connectivity index (χ1v) is 9.10. The molecule has 26 heavy (non-hydrogen) atoms. The number of aryl methyl sites for hydroxylation is 1. The second-order valence-electron chi connectivity index (χ2n) is 7.09. The molecule has 0 spiro atoms. The summed E-state index contributed by atoms with van der Waals surface area (Å²) in [5.74, 6) is -0.324. The Bertz CT molecular complexity index is 836. The molecule has 5 nitrogen and oxygen atoms in total. The van der Waals surface area contributed by atoms with Crippen LogP contribution in [-0.4, -0.2) is 50.2 Å². The fourth-order valence-electron chi connectivity index (χ4n) is 3.66. The topological polar surface area (TPSA) is 47.9 Å². The van der Waals surface area contributed by atoms with Crippen molar-refractivity contribution in [1.29, 1.82) is 0 Å². The first-order chi connectivity index (χ1) is 12.6. The minimum atomic E-state index is -0.316. The summed E-state index contributed by atoms with van der Waals surface area (Å²) in [5.41, 5.74) is 5.16. The molecule has 2 aromatic rings. The molecular formula is C21H24N4O. The molecule has 5 heteroatoms. The van der Waals surface area contributed by atoms with Gasteiger partial charge in [0.1, 0.15) is 5.92 Å². The highest BCUT2D eigenvalue weighted by Crippen LogP contribution is 2.34. The number of carbonyl (C=O) groups excluding carboxylic acids is 1. The minimum Gasteiger partial charge on any atom is -0.369 e. The fourth-order valence-corrected chi connectivity index (χ4v) is 3.66. The van der Waals surface area contributed by atoms with Crippen molar-refractivity contribution >= 4 is 29.2 Å². The van der Waals surface area contributed by atoms with Gasteiger partial charge in [-0.3, -0.25) is 9.79 Å². The van der Waals surface area contributed by atoms with E-state index in [9.17, 15) is 4.79 Å². The SMILES string of the molecule is Cc1cccc2c1C(C=Nc1ccc(N3CCN(C)CC3)cc1)C(=O)N2. The van der Waals surface area contributed by atoms with Gasteiger partial charge in [-0.1, -0.05) is 12.1 Å². The van der Waals surface area contributed by atoms with E-state index in [-0.39, 0.29) is 11.8 Å². The molecule has 1 atom stereocenters. The molecule has 1 amide bonds. The Morgan fingerprint density at radius 2 is 1.81 bits per heavy atom. The van der Waals surface area contributed by atoms with Crippen molar-refractivity contribution in [3.8, 4) is 0 Å². The molecule has 1 unspecified atom stereocenters. The lowest BCUT2D eigenvalue weighted by molar-refractivity contribution is -0.115. The van der Waals surface area contributed by atoms with Crippen molar-refractivity contribution in [2.45, 2.75) is 12.8 Å². The Balaban J connectivity index is 1.49. The minimum absolute atomic E-state index is 0.00731. The molecule has 1 N–H and O–H groups in total. The molecule has 2 aliphatic rings. The maximum atomic E-state index is 12.3. The van der Waals surface area contributed by atoms with E-state index in [0.717, 1.165) is 48.7 Å². The van der Waals surface area contributed by atoms with Crippen LogP contribution in [0.25, 0.3) is 0 Å². The van der Waals surface area contributed by atoms with Gasteiger partial charge in [0, 0.05) is 43.8 Å². The number of hydrogen-bond donors (Lipinski definition) is 1. The van der Waals surface area contributed by atoms with Gasteiger partial charge in [-0.15, -0.1) is 0 Å². The third-order valence-electron chi connectivity index (χ3n) is 5.27. The van der Waals surface area contributed by atoms with Gasteiger partial charge < -0.3 is 15.1 Å². The maximum absolute atomic E-state index is 12.3. The van der Waals surface area contributed by atoms with Crippen LogP contribution in [0.1, 0.15) is 17.0 Å². The Hall–Kier alpha value is -2.66. The van der Waals surface area contributed by atoms with Crippen LogP contribution in [0.5, 0.6) is 0 Å². The number of rotatable bonds is 3. The first kappa shape index (κ1) is 16.8. The van der Waals surface area contributed by atoms with E-state index in [1.165, 1.54) is 5.69 Å². The van der Waals surface area contributed by atoms with Crippen LogP contribution in [0.4, 0.5) is 17.1 Å². The number of amides is 1. The second-order valence-corrected chi connectivity index (χ2v) is 7.09. The summed E-state index contributed by atoms with van der Waals surface area (Å²) in [5, 5.41) is 2.94. The lowest BCUT2D eigenvalue weighted by atomic mass is 9.97. The van der Waals surface area contributed by atoms with Crippen molar-refractivity contribution in [2.24, 2.45) is 4.99 Å². The average Bonchev–Trinajstić information content (AvgIpc) is 2.98. The number of likely N-dealkylation sites (N-methyl/N-ethyl adjacent to an activating group) is 1. The van der Waals surface area contributed by atoms with Crippen LogP contribution in [0, 0.1) is 6.92 Å². The number of nitrogens with one attached hydrogen (secondary N) is 1. The number of nitrogens with zero attached hydrogens (tertiary/aromatic N) is 3. The molecule has 0 aliphatic carbocycles. The van der Waals surface area contributed by atoms with Crippen LogP contribution >= 0.6 is 0 Å². The normalized spacial score (nSPS) is 20.5. The number of carbonyl (C=O) groups is 1. The molecule has 1 fully saturated rings. The van der Waals surface area contributed by atoms with E-state index in [1.807, 2.05) is 37.3 Å². The van der Waals surface area contributed by atoms with Crippen molar-refractivity contribution in [3.63, 3.8) is 0 Å². The lowest BCUT2D eigenvalue weighted by Gasteiger charge is -2.34. The third-order valence-corrected chi connectivity index (χ3v) is 5.27. The van der Waals surface area contributed by atoms with Gasteiger partial charge in [-0.2, -0.15) is 0 Å². The monoisotopic (exact) mass is 348 g/mol. The van der Waals surface area contributed by atoms with Crippen LogP contribution in [0.15, 0.2) is 47.5 Å². The standard InChI is InChI=1S/C21H24N4O/c1-15-4-3-5-19-20(15)18(21(26)23-19)14-22-16-6-8-17(9-7-16)25-12-10-24(2)11-13-25/h3-9,14,18H,10-13H2,1-2H3,(H,23,26). The van der Waals surface area contributed by atoms with E-state index in [1.54, 1.807) is 6.21 Å². The average molecular weight is 348 g/mol. The predicted octanol–water partition coefficient (Wildman–Crippen LogP) is 3.19. The number of anilines is 2. The van der Waals surface area contributed by atoms with Crippen molar-refractivity contribution < 1.29 is 4.79 Å². The summed E-state index contributed by atoms with van der Waals surface area (Å²) in [6.07, 6.45) is 1.76. The zero-order valence-electron chi connectivity index (χ0n) is 15.3. The van der Waals surface area contributed by atoms with Gasteiger partial charge in [0.05, 0.1) is 5.69 Å². The highest BCUT2D eigenvalue weighted by atomic mass is 16.2. The van der Waals surface area contributed by atoms with Gasteiger partial charge in [-0.25, -0.2) is 0 Å². The molecule has 0 saturated carbocycles. The zero-order chi connectivity index (χ0) is 18.1. The summed E-state index contributed by atoms with van der Waals surface area (Å²) >= 11 is 0. The van der Waals surface area contributed by atoms with Crippen molar-refractivity contribution in [1.82, 2.24) is 4.90 Å². The highest BCUT2D eigenvalue weighted by molar-refractivity contribution is 6.13. The van der Waals surface area contributed by atoms with Crippen LogP contribution < -0.4 is 10.2 Å². The van der Waals surface area contributed by atoms with Crippen LogP contribution in [0.2, 0.25) is 0 Å². The van der Waals surface area contributed by atoms with E-state index in [4.69, 9.17) is 0 Å². The smallest absolute Gasteiger partial charge is 0.237 e. The molecule has 1 saturated heterocycles. The quantitative estimate of drug-likeness (QED) is 0.867. The zero-order valence-corrected chi connectivity index (χ0v) is 15.3. The molecule has 4 rings (SSSR count). The second kappa shape index (κ2) is 6.92. The summed E-state index contributed by atoms with van der Waals surface area (Å²) < 4.78 is 0. The Morgan fingerprint density at radius 3 is 2.54 bits per heavy atom. The third kappa shape index (κ3) is 3.22. The number of benzene rings is 2. The molecule has 0 radical (unpaired) electrons. The van der Waals surface area contributed by atoms with Crippen molar-refractivity contribution in [3.05, 3.63) is 53.6 Å². The van der Waals surface area contributed by atoms with E-state index in [0.29, 0.717) is 0 Å². The molecule has 2 aliphatic heterocycles. The molecule has 0 bridgehead atoms.